The van der Waals surface area contributed by atoms with Gasteiger partial charge in [0.2, 0.25) is 0 Å². The van der Waals surface area contributed by atoms with Gasteiger partial charge in [-0.15, -0.1) is 11.3 Å². The van der Waals surface area contributed by atoms with Gasteiger partial charge in [0.25, 0.3) is 5.91 Å². The third-order valence-electron chi connectivity index (χ3n) is 3.99. The molecule has 0 unspecified atom stereocenters. The van der Waals surface area contributed by atoms with Crippen LogP contribution < -0.4 is 10.1 Å². The van der Waals surface area contributed by atoms with Crippen LogP contribution in [0.25, 0.3) is 0 Å². The molecule has 2 aromatic rings. The van der Waals surface area contributed by atoms with E-state index < -0.39 is 0 Å². The molecule has 1 aromatic heterocycles. The Balaban J connectivity index is 1.60. The van der Waals surface area contributed by atoms with Gasteiger partial charge in [0.05, 0.1) is 5.56 Å². The molecule has 23 heavy (non-hydrogen) atoms. The number of carbonyl (C=O) groups excluding carboxylic acids is 1. The van der Waals surface area contributed by atoms with Crippen LogP contribution in [0.4, 0.5) is 5.00 Å². The summed E-state index contributed by atoms with van der Waals surface area (Å²) in [5, 5.41) is 12.8. The van der Waals surface area contributed by atoms with Crippen molar-refractivity contribution in [3.05, 3.63) is 45.8 Å². The minimum absolute atomic E-state index is 0.0566. The Hall–Kier alpha value is -2.32. The zero-order valence-corrected chi connectivity index (χ0v) is 13.8. The first-order valence-corrected chi connectivity index (χ1v) is 8.59. The molecule has 118 valence electrons. The van der Waals surface area contributed by atoms with Crippen molar-refractivity contribution in [3.63, 3.8) is 0 Å². The second kappa shape index (κ2) is 6.84. The zero-order valence-electron chi connectivity index (χ0n) is 13.0. The minimum atomic E-state index is -0.235. The average Bonchev–Trinajstić information content (AvgIpc) is 3.14. The maximum atomic E-state index is 12.1. The van der Waals surface area contributed by atoms with E-state index in [0.717, 1.165) is 31.2 Å². The number of benzene rings is 1. The molecule has 1 N–H and O–H groups in total. The lowest BCUT2D eigenvalue weighted by molar-refractivity contribution is -0.118. The largest absolute Gasteiger partial charge is 0.484 e. The second-order valence-corrected chi connectivity index (χ2v) is 6.61. The number of hydrogen-bond donors (Lipinski definition) is 1. The molecule has 0 fully saturated rings. The molecule has 4 nitrogen and oxygen atoms in total. The standard InChI is InChI=1S/C18H18N2O2S/c1-2-12-6-8-13(9-7-12)22-11-17(21)20-18-15(10-19)14-4-3-5-16(14)23-18/h6-9H,2-5,11H2,1H3,(H,20,21). The number of carbonyl (C=O) groups is 1. The highest BCUT2D eigenvalue weighted by Gasteiger charge is 2.23. The third kappa shape index (κ3) is 3.38. The van der Waals surface area contributed by atoms with Gasteiger partial charge in [-0.3, -0.25) is 4.79 Å². The maximum Gasteiger partial charge on any atom is 0.262 e. The van der Waals surface area contributed by atoms with E-state index in [1.807, 2.05) is 24.3 Å². The Morgan fingerprint density at radius 2 is 2.13 bits per heavy atom. The lowest BCUT2D eigenvalue weighted by Crippen LogP contribution is -2.20. The number of nitrogens with zero attached hydrogens (tertiary/aromatic N) is 1. The summed E-state index contributed by atoms with van der Waals surface area (Å²) in [6, 6.07) is 9.94. The minimum Gasteiger partial charge on any atom is -0.484 e. The van der Waals surface area contributed by atoms with Gasteiger partial charge in [-0.1, -0.05) is 19.1 Å². The number of hydrogen-bond acceptors (Lipinski definition) is 4. The molecule has 3 rings (SSSR count). The Morgan fingerprint density at radius 3 is 2.83 bits per heavy atom. The summed E-state index contributed by atoms with van der Waals surface area (Å²) in [4.78, 5) is 13.3. The summed E-state index contributed by atoms with van der Waals surface area (Å²) in [6.45, 7) is 2.04. The van der Waals surface area contributed by atoms with Gasteiger partial charge in [0.1, 0.15) is 16.8 Å². The van der Waals surface area contributed by atoms with Crippen molar-refractivity contribution < 1.29 is 9.53 Å². The molecule has 1 aliphatic carbocycles. The van der Waals surface area contributed by atoms with Crippen LogP contribution in [0, 0.1) is 11.3 Å². The van der Waals surface area contributed by atoms with Crippen LogP contribution in [0.5, 0.6) is 5.75 Å². The van der Waals surface area contributed by atoms with E-state index in [-0.39, 0.29) is 12.5 Å². The molecule has 1 heterocycles. The zero-order chi connectivity index (χ0) is 16.2. The number of ether oxygens (including phenoxy) is 1. The van der Waals surface area contributed by atoms with Gasteiger partial charge in [0, 0.05) is 4.88 Å². The van der Waals surface area contributed by atoms with E-state index >= 15 is 0 Å². The number of nitriles is 1. The van der Waals surface area contributed by atoms with Gasteiger partial charge >= 0.3 is 0 Å². The fraction of sp³-hybridized carbons (Fsp3) is 0.333. The summed E-state index contributed by atoms with van der Waals surface area (Å²) in [5.74, 6) is 0.438. The Labute approximate surface area is 139 Å². The molecule has 5 heteroatoms. The van der Waals surface area contributed by atoms with Crippen LogP contribution in [-0.2, 0) is 24.1 Å². The van der Waals surface area contributed by atoms with Crippen molar-refractivity contribution in [3.8, 4) is 11.8 Å². The van der Waals surface area contributed by atoms with Crippen molar-refractivity contribution in [1.82, 2.24) is 0 Å². The molecule has 0 bridgehead atoms. The number of nitrogens with one attached hydrogen (secondary N) is 1. The van der Waals surface area contributed by atoms with Crippen LogP contribution in [0.15, 0.2) is 24.3 Å². The molecule has 0 spiro atoms. The molecule has 0 atom stereocenters. The normalized spacial score (nSPS) is 12.5. The Bertz CT molecular complexity index is 757. The quantitative estimate of drug-likeness (QED) is 0.911. The highest BCUT2D eigenvalue weighted by Crippen LogP contribution is 2.38. The van der Waals surface area contributed by atoms with Crippen LogP contribution in [0.3, 0.4) is 0 Å². The van der Waals surface area contributed by atoms with Gasteiger partial charge in [0.15, 0.2) is 6.61 Å². The van der Waals surface area contributed by atoms with Crippen LogP contribution in [0.2, 0.25) is 0 Å². The van der Waals surface area contributed by atoms with Gasteiger partial charge in [-0.2, -0.15) is 5.26 Å². The molecule has 0 radical (unpaired) electrons. The van der Waals surface area contributed by atoms with Crippen molar-refractivity contribution in [2.75, 3.05) is 11.9 Å². The van der Waals surface area contributed by atoms with Crippen molar-refractivity contribution in [1.29, 1.82) is 5.26 Å². The monoisotopic (exact) mass is 326 g/mol. The third-order valence-corrected chi connectivity index (χ3v) is 5.19. The summed E-state index contributed by atoms with van der Waals surface area (Å²) in [6.07, 6.45) is 4.01. The number of rotatable bonds is 5. The molecule has 0 aliphatic heterocycles. The van der Waals surface area contributed by atoms with E-state index in [0.29, 0.717) is 16.3 Å². The average molecular weight is 326 g/mol. The van der Waals surface area contributed by atoms with E-state index in [9.17, 15) is 10.1 Å². The first kappa shape index (κ1) is 15.6. The Morgan fingerprint density at radius 1 is 1.35 bits per heavy atom. The summed E-state index contributed by atoms with van der Waals surface area (Å²) >= 11 is 1.52. The highest BCUT2D eigenvalue weighted by atomic mass is 32.1. The van der Waals surface area contributed by atoms with E-state index in [1.54, 1.807) is 0 Å². The van der Waals surface area contributed by atoms with Gasteiger partial charge < -0.3 is 10.1 Å². The van der Waals surface area contributed by atoms with Gasteiger partial charge in [-0.25, -0.2) is 0 Å². The van der Waals surface area contributed by atoms with Crippen LogP contribution in [-0.4, -0.2) is 12.5 Å². The molecule has 1 aliphatic rings. The smallest absolute Gasteiger partial charge is 0.262 e. The van der Waals surface area contributed by atoms with Crippen LogP contribution >= 0.6 is 11.3 Å². The molecule has 0 saturated heterocycles. The van der Waals surface area contributed by atoms with Gasteiger partial charge in [-0.05, 0) is 48.9 Å². The number of anilines is 1. The maximum absolute atomic E-state index is 12.1. The van der Waals surface area contributed by atoms with E-state index in [1.165, 1.54) is 21.8 Å². The van der Waals surface area contributed by atoms with E-state index in [4.69, 9.17) is 4.74 Å². The highest BCUT2D eigenvalue weighted by molar-refractivity contribution is 7.16. The summed E-state index contributed by atoms with van der Waals surface area (Å²) < 4.78 is 5.50. The number of aryl methyl sites for hydroxylation is 2. The predicted molar refractivity (Wildman–Crippen MR) is 91.0 cm³/mol. The SMILES string of the molecule is CCc1ccc(OCC(=O)Nc2sc3c(c2C#N)CCC3)cc1. The number of thiophene rings is 1. The molecular weight excluding hydrogens is 308 g/mol. The predicted octanol–water partition coefficient (Wildman–Crippen LogP) is 3.69. The van der Waals surface area contributed by atoms with Crippen molar-refractivity contribution in [2.24, 2.45) is 0 Å². The number of fused-ring (bicyclic) bond motifs is 1. The molecule has 0 saturated carbocycles. The summed E-state index contributed by atoms with van der Waals surface area (Å²) in [7, 11) is 0. The Kier molecular flexibility index (Phi) is 4.63. The fourth-order valence-electron chi connectivity index (χ4n) is 2.74. The molecular formula is C18H18N2O2S. The fourth-order valence-corrected chi connectivity index (χ4v) is 4.00. The first-order chi connectivity index (χ1) is 11.2. The second-order valence-electron chi connectivity index (χ2n) is 5.51. The lowest BCUT2D eigenvalue weighted by Gasteiger charge is -2.07. The molecule has 1 aromatic carbocycles. The van der Waals surface area contributed by atoms with Crippen molar-refractivity contribution >= 4 is 22.2 Å². The van der Waals surface area contributed by atoms with Crippen molar-refractivity contribution in [2.45, 2.75) is 32.6 Å². The van der Waals surface area contributed by atoms with E-state index in [2.05, 4.69) is 18.3 Å². The molecule has 1 amide bonds. The van der Waals surface area contributed by atoms with Crippen LogP contribution in [0.1, 0.15) is 34.9 Å². The summed E-state index contributed by atoms with van der Waals surface area (Å²) in [5.41, 5.74) is 2.97. The first-order valence-electron chi connectivity index (χ1n) is 7.77. The number of amides is 1. The topological polar surface area (TPSA) is 62.1 Å². The lowest BCUT2D eigenvalue weighted by atomic mass is 10.1.